The van der Waals surface area contributed by atoms with Crippen LogP contribution in [0.5, 0.6) is 0 Å². The van der Waals surface area contributed by atoms with Crippen molar-refractivity contribution >= 4 is 65.2 Å². The Bertz CT molecular complexity index is 2080. The number of unbranched alkanes of at least 4 members (excludes halogenated alkanes) is 2. The lowest BCUT2D eigenvalue weighted by atomic mass is 10.0. The van der Waals surface area contributed by atoms with Crippen molar-refractivity contribution in [3.8, 4) is 0 Å². The molecular weight excluding hydrogens is 963 g/mol. The van der Waals surface area contributed by atoms with Gasteiger partial charge in [0.2, 0.25) is 47.3 Å². The molecule has 17 N–H and O–H groups in total. The zero-order chi connectivity index (χ0) is 54.4. The highest BCUT2D eigenvalue weighted by atomic mass is 16.4. The zero-order valence-corrected chi connectivity index (χ0v) is 41.2. The van der Waals surface area contributed by atoms with Gasteiger partial charge < -0.3 is 84.3 Å². The molecule has 0 aliphatic carbocycles. The number of carbonyl (C=O) groups is 11. The smallest absolute Gasteiger partial charge is 0.326 e. The number of carboxylic acid groups (broad SMARTS) is 3. The Labute approximate surface area is 421 Å². The number of aliphatic hydroxyl groups excluding tert-OH is 1. The van der Waals surface area contributed by atoms with Crippen LogP contribution in [-0.2, 0) is 59.2 Å². The van der Waals surface area contributed by atoms with Crippen molar-refractivity contribution in [2.75, 3.05) is 32.8 Å². The second-order valence-corrected chi connectivity index (χ2v) is 18.5. The normalized spacial score (nSPS) is 18.3. The van der Waals surface area contributed by atoms with E-state index >= 15 is 0 Å². The van der Waals surface area contributed by atoms with Gasteiger partial charge in [-0.25, -0.2) is 9.78 Å². The monoisotopic (exact) mass is 1040 g/mol. The number of aliphatic hydroxyl groups is 1. The molecule has 2 fully saturated rings. The minimum Gasteiger partial charge on any atom is -0.481 e. The van der Waals surface area contributed by atoms with Gasteiger partial charge in [0.25, 0.3) is 0 Å². The molecule has 28 heteroatoms. The summed E-state index contributed by atoms with van der Waals surface area (Å²) < 4.78 is 0. The average molecular weight is 1040 g/mol. The summed E-state index contributed by atoms with van der Waals surface area (Å²) in [6.45, 7) is 2.99. The maximum Gasteiger partial charge on any atom is 0.326 e. The second-order valence-electron chi connectivity index (χ2n) is 18.5. The van der Waals surface area contributed by atoms with Crippen molar-refractivity contribution in [2.24, 2.45) is 23.1 Å². The van der Waals surface area contributed by atoms with Crippen LogP contribution in [-0.4, -0.2) is 193 Å². The van der Waals surface area contributed by atoms with Gasteiger partial charge in [-0.15, -0.1) is 0 Å². The van der Waals surface area contributed by atoms with E-state index in [9.17, 15) is 73.2 Å². The van der Waals surface area contributed by atoms with Gasteiger partial charge in [0.05, 0.1) is 37.5 Å². The lowest BCUT2D eigenvalue weighted by Gasteiger charge is -2.31. The van der Waals surface area contributed by atoms with Gasteiger partial charge in [0, 0.05) is 25.7 Å². The fraction of sp³-hybridized carbons (Fsp3) is 0.689. The number of aromatic amines is 1. The quantitative estimate of drug-likeness (QED) is 0.0303. The first kappa shape index (κ1) is 60.5. The number of carbonyl (C=O) groups excluding carboxylic acids is 8. The number of nitrogens with two attached hydrogens (primary N) is 3. The van der Waals surface area contributed by atoms with Crippen molar-refractivity contribution in [3.63, 3.8) is 0 Å². The van der Waals surface area contributed by atoms with Crippen LogP contribution >= 0.6 is 0 Å². The SMILES string of the molecule is CC(C)C[C@H](NC(=O)[C@H](CC(=O)O)NC(=O)[C@@H]1CCCN1C(=O)[C@H](CO)NC(=O)[C@H](CC(=O)O)NC(=O)[C@H](CCCCN)NC(=O)[C@@H](N)Cc1c[nH]cn1)C(=O)N1CCC[C@H]1C(=O)N[C@@H](CCCCN)C(=O)O. The van der Waals surface area contributed by atoms with E-state index in [1.807, 2.05) is 0 Å². The van der Waals surface area contributed by atoms with Crippen LogP contribution in [0.2, 0.25) is 0 Å². The number of hydrogen-bond donors (Lipinski definition) is 14. The third-order valence-electron chi connectivity index (χ3n) is 12.3. The summed E-state index contributed by atoms with van der Waals surface area (Å²) in [5.41, 5.74) is 17.6. The number of aliphatic carboxylic acids is 3. The Balaban J connectivity index is 1.75. The predicted octanol–water partition coefficient (Wildman–Crippen LogP) is -4.50. The van der Waals surface area contributed by atoms with Crippen LogP contribution < -0.4 is 49.1 Å². The number of rotatable bonds is 32. The Morgan fingerprint density at radius 3 is 1.56 bits per heavy atom. The van der Waals surface area contributed by atoms with Crippen molar-refractivity contribution in [2.45, 2.75) is 158 Å². The number of likely N-dealkylation sites (tertiary alicyclic amines) is 2. The highest BCUT2D eigenvalue weighted by molar-refractivity contribution is 5.99. The van der Waals surface area contributed by atoms with Gasteiger partial charge in [0.15, 0.2) is 0 Å². The molecule has 0 aromatic carbocycles. The summed E-state index contributed by atoms with van der Waals surface area (Å²) in [7, 11) is 0. The van der Waals surface area contributed by atoms with E-state index in [4.69, 9.17) is 17.2 Å². The summed E-state index contributed by atoms with van der Waals surface area (Å²) in [5.74, 6) is -12.0. The van der Waals surface area contributed by atoms with Crippen LogP contribution in [0.25, 0.3) is 0 Å². The molecule has 0 spiro atoms. The Kier molecular flexibility index (Phi) is 25.1. The number of nitrogens with zero attached hydrogens (tertiary/aromatic N) is 3. The molecule has 2 aliphatic rings. The van der Waals surface area contributed by atoms with Crippen molar-refractivity contribution in [1.29, 1.82) is 0 Å². The van der Waals surface area contributed by atoms with E-state index in [2.05, 4.69) is 41.9 Å². The molecule has 2 saturated heterocycles. The van der Waals surface area contributed by atoms with Gasteiger partial charge in [-0.3, -0.25) is 47.9 Å². The first-order chi connectivity index (χ1) is 34.6. The third-order valence-corrected chi connectivity index (χ3v) is 12.3. The van der Waals surface area contributed by atoms with Crippen molar-refractivity contribution in [1.82, 2.24) is 51.7 Å². The number of carboxylic acids is 3. The molecular formula is C45H73N13O15. The lowest BCUT2D eigenvalue weighted by molar-refractivity contribution is -0.146. The molecule has 0 radical (unpaired) electrons. The van der Waals surface area contributed by atoms with E-state index in [1.165, 1.54) is 17.4 Å². The maximum atomic E-state index is 14.1. The lowest BCUT2D eigenvalue weighted by Crippen LogP contribution is -2.61. The van der Waals surface area contributed by atoms with Gasteiger partial charge in [0.1, 0.15) is 48.3 Å². The molecule has 73 heavy (non-hydrogen) atoms. The standard InChI is InChI=1S/C45H73N13O15/c1-24(2)17-31(43(70)57-15-7-11-33(57)41(68)52-28(45(72)73)10-4-6-14-47)55-39(66)30(20-36(62)63)54-42(69)34-12-8-16-58(34)44(71)32(22-59)56-40(67)29(19-35(60)61)53-38(65)27(9-3-5-13-46)51-37(64)26(48)18-25-21-49-23-50-25/h21,23-24,26-34,59H,3-20,22,46-48H2,1-2H3,(H,49,50)(H,51,64)(H,52,68)(H,53,65)(H,54,69)(H,55,66)(H,56,67)(H,60,61)(H,62,63)(H,72,73)/t26-,27-,28-,29-,30-,31-,32-,33-,34-/m0/s1. The van der Waals surface area contributed by atoms with E-state index < -0.39 is 139 Å². The first-order valence-electron chi connectivity index (χ1n) is 24.5. The van der Waals surface area contributed by atoms with Gasteiger partial charge in [-0.1, -0.05) is 13.8 Å². The summed E-state index contributed by atoms with van der Waals surface area (Å²) in [5, 5.41) is 53.9. The van der Waals surface area contributed by atoms with Gasteiger partial charge in [-0.05, 0) is 89.6 Å². The minimum absolute atomic E-state index is 0.00689. The van der Waals surface area contributed by atoms with E-state index in [1.54, 1.807) is 13.8 Å². The molecule has 0 bridgehead atoms. The highest BCUT2D eigenvalue weighted by Gasteiger charge is 2.42. The molecule has 3 heterocycles. The molecule has 408 valence electrons. The predicted molar refractivity (Wildman–Crippen MR) is 256 cm³/mol. The Morgan fingerprint density at radius 1 is 0.644 bits per heavy atom. The topological polar surface area (TPSA) is 454 Å². The molecule has 9 atom stereocenters. The van der Waals surface area contributed by atoms with Gasteiger partial charge >= 0.3 is 17.9 Å². The van der Waals surface area contributed by atoms with Crippen molar-refractivity contribution < 1.29 is 73.2 Å². The molecule has 0 unspecified atom stereocenters. The molecule has 1 aromatic heterocycles. The van der Waals surface area contributed by atoms with Crippen LogP contribution in [0.1, 0.15) is 103 Å². The zero-order valence-electron chi connectivity index (χ0n) is 41.2. The van der Waals surface area contributed by atoms with Crippen LogP contribution in [0.4, 0.5) is 0 Å². The molecule has 0 saturated carbocycles. The van der Waals surface area contributed by atoms with Crippen LogP contribution in [0.15, 0.2) is 12.5 Å². The van der Waals surface area contributed by atoms with E-state index in [0.29, 0.717) is 44.3 Å². The number of hydrogen-bond acceptors (Lipinski definition) is 16. The Morgan fingerprint density at radius 2 is 1.10 bits per heavy atom. The summed E-state index contributed by atoms with van der Waals surface area (Å²) in [6, 6.07) is -12.9. The molecule has 2 aliphatic heterocycles. The van der Waals surface area contributed by atoms with Crippen molar-refractivity contribution in [3.05, 3.63) is 18.2 Å². The number of amides is 8. The molecule has 1 aromatic rings. The fourth-order valence-corrected chi connectivity index (χ4v) is 8.52. The summed E-state index contributed by atoms with van der Waals surface area (Å²) in [6.07, 6.45) is 3.59. The second kappa shape index (κ2) is 30.3. The van der Waals surface area contributed by atoms with Crippen LogP contribution in [0.3, 0.4) is 0 Å². The first-order valence-corrected chi connectivity index (χ1v) is 24.5. The highest BCUT2D eigenvalue weighted by Crippen LogP contribution is 2.22. The third kappa shape index (κ3) is 19.3. The number of nitrogens with one attached hydrogen (secondary N) is 7. The summed E-state index contributed by atoms with van der Waals surface area (Å²) >= 11 is 0. The maximum absolute atomic E-state index is 14.1. The van der Waals surface area contributed by atoms with E-state index in [-0.39, 0.29) is 70.5 Å². The number of imidazole rings is 1. The number of aromatic nitrogens is 2. The fourth-order valence-electron chi connectivity index (χ4n) is 8.52. The van der Waals surface area contributed by atoms with Crippen LogP contribution in [0, 0.1) is 5.92 Å². The minimum atomic E-state index is -1.85. The molecule has 28 nitrogen and oxygen atoms in total. The van der Waals surface area contributed by atoms with E-state index in [0.717, 1.165) is 4.90 Å². The molecule has 8 amide bonds. The average Bonchev–Trinajstić information content (AvgIpc) is 4.15. The van der Waals surface area contributed by atoms with Gasteiger partial charge in [-0.2, -0.15) is 0 Å². The Hall–Kier alpha value is -6.78. The largest absolute Gasteiger partial charge is 0.481 e. The molecule has 3 rings (SSSR count). The summed E-state index contributed by atoms with van der Waals surface area (Å²) in [4.78, 5) is 154. The number of H-pyrrole nitrogens is 1.